The first-order valence-corrected chi connectivity index (χ1v) is 10.4. The van der Waals surface area contributed by atoms with E-state index in [9.17, 15) is 22.4 Å². The number of halogens is 5. The van der Waals surface area contributed by atoms with E-state index in [0.29, 0.717) is 11.6 Å². The monoisotopic (exact) mass is 480 g/mol. The summed E-state index contributed by atoms with van der Waals surface area (Å²) in [5.41, 5.74) is 0.0358. The van der Waals surface area contributed by atoms with Gasteiger partial charge < -0.3 is 4.42 Å². The molecule has 4 nitrogen and oxygen atoms in total. The van der Waals surface area contributed by atoms with Crippen molar-refractivity contribution in [1.82, 2.24) is 4.98 Å². The van der Waals surface area contributed by atoms with Crippen LogP contribution in [0.15, 0.2) is 65.2 Å². The number of hydrogen-bond donors (Lipinski definition) is 1. The first-order chi connectivity index (χ1) is 15.2. The summed E-state index contributed by atoms with van der Waals surface area (Å²) >= 11 is 7.26. The van der Waals surface area contributed by atoms with Crippen molar-refractivity contribution < 1.29 is 26.8 Å². The van der Waals surface area contributed by atoms with Crippen molar-refractivity contribution in [2.24, 2.45) is 0 Å². The lowest BCUT2D eigenvalue weighted by Crippen LogP contribution is -2.10. The maximum absolute atomic E-state index is 13.0. The second kappa shape index (κ2) is 8.76. The van der Waals surface area contributed by atoms with Gasteiger partial charge in [0.1, 0.15) is 11.6 Å². The van der Waals surface area contributed by atoms with Crippen LogP contribution in [-0.2, 0) is 12.6 Å². The van der Waals surface area contributed by atoms with Gasteiger partial charge in [0.05, 0.1) is 10.6 Å². The molecule has 4 aromatic rings. The molecule has 0 aliphatic heterocycles. The summed E-state index contributed by atoms with van der Waals surface area (Å²) in [6.07, 6.45) is -2.42. The van der Waals surface area contributed by atoms with Gasteiger partial charge in [-0.05, 0) is 48.0 Å². The minimum Gasteiger partial charge on any atom is -0.451 e. The summed E-state index contributed by atoms with van der Waals surface area (Å²) in [6.45, 7) is 0. The predicted molar refractivity (Wildman–Crippen MR) is 113 cm³/mol. The van der Waals surface area contributed by atoms with Crippen LogP contribution in [0.3, 0.4) is 0 Å². The molecule has 1 amide bonds. The highest BCUT2D eigenvalue weighted by Crippen LogP contribution is 2.36. The van der Waals surface area contributed by atoms with Crippen molar-refractivity contribution in [3.8, 4) is 11.3 Å². The Hall–Kier alpha value is -3.17. The zero-order valence-corrected chi connectivity index (χ0v) is 17.6. The molecule has 0 aliphatic carbocycles. The molecule has 0 unspecified atom stereocenters. The molecule has 2 aromatic carbocycles. The molecule has 1 N–H and O–H groups in total. The number of carbonyl (C=O) groups excluding carboxylic acids is 1. The minimum absolute atomic E-state index is 0.0244. The summed E-state index contributed by atoms with van der Waals surface area (Å²) in [5.74, 6) is -1.01. The fourth-order valence-corrected chi connectivity index (χ4v) is 3.96. The van der Waals surface area contributed by atoms with Crippen LogP contribution in [0.25, 0.3) is 11.3 Å². The molecule has 10 heteroatoms. The molecular weight excluding hydrogens is 468 g/mol. The molecule has 32 heavy (non-hydrogen) atoms. The molecule has 0 fully saturated rings. The Balaban J connectivity index is 1.47. The van der Waals surface area contributed by atoms with Crippen molar-refractivity contribution in [2.45, 2.75) is 12.6 Å². The van der Waals surface area contributed by atoms with E-state index in [1.54, 1.807) is 18.3 Å². The Labute approximate surface area is 188 Å². The zero-order valence-electron chi connectivity index (χ0n) is 16.0. The average molecular weight is 481 g/mol. The summed E-state index contributed by atoms with van der Waals surface area (Å²) in [6, 6.07) is 11.6. The van der Waals surface area contributed by atoms with Crippen LogP contribution >= 0.6 is 22.9 Å². The summed E-state index contributed by atoms with van der Waals surface area (Å²) < 4.78 is 57.4. The van der Waals surface area contributed by atoms with Gasteiger partial charge in [0.15, 0.2) is 10.9 Å². The average Bonchev–Trinajstić information content (AvgIpc) is 3.39. The maximum Gasteiger partial charge on any atom is 0.416 e. The minimum atomic E-state index is -4.54. The third-order valence-electron chi connectivity index (χ3n) is 4.45. The number of nitrogens with zero attached hydrogens (tertiary/aromatic N) is 1. The van der Waals surface area contributed by atoms with Crippen LogP contribution in [0.2, 0.25) is 5.02 Å². The lowest BCUT2D eigenvalue weighted by atomic mass is 10.1. The smallest absolute Gasteiger partial charge is 0.416 e. The van der Waals surface area contributed by atoms with E-state index in [1.165, 1.54) is 35.6 Å². The molecule has 2 aromatic heterocycles. The maximum atomic E-state index is 13.0. The standard InChI is InChI=1S/C22H13ClF4N2O2S/c23-17-6-3-13(22(25,26)27)10-16(17)18-7-8-19(31-18)20(30)29-21-28-11-15(32-21)9-12-1-4-14(24)5-2-12/h1-8,10-11H,9H2,(H,28,29,30). The Bertz CT molecular complexity index is 1270. The number of carbonyl (C=O) groups is 1. The highest BCUT2D eigenvalue weighted by molar-refractivity contribution is 7.15. The van der Waals surface area contributed by atoms with Gasteiger partial charge in [-0.15, -0.1) is 11.3 Å². The Morgan fingerprint density at radius 1 is 1.09 bits per heavy atom. The van der Waals surface area contributed by atoms with E-state index in [2.05, 4.69) is 10.3 Å². The number of aromatic nitrogens is 1. The normalized spacial score (nSPS) is 11.5. The number of hydrogen-bond acceptors (Lipinski definition) is 4. The largest absolute Gasteiger partial charge is 0.451 e. The Kier molecular flexibility index (Phi) is 6.03. The van der Waals surface area contributed by atoms with Gasteiger partial charge in [0.25, 0.3) is 5.91 Å². The highest BCUT2D eigenvalue weighted by Gasteiger charge is 2.31. The van der Waals surface area contributed by atoms with E-state index in [4.69, 9.17) is 16.0 Å². The van der Waals surface area contributed by atoms with Gasteiger partial charge in [0.2, 0.25) is 0 Å². The van der Waals surface area contributed by atoms with E-state index in [0.717, 1.165) is 28.6 Å². The third-order valence-corrected chi connectivity index (χ3v) is 5.70. The molecule has 164 valence electrons. The molecule has 0 saturated heterocycles. The fraction of sp³-hybridized carbons (Fsp3) is 0.0909. The number of nitrogens with one attached hydrogen (secondary N) is 1. The number of rotatable bonds is 5. The van der Waals surface area contributed by atoms with Gasteiger partial charge >= 0.3 is 6.18 Å². The van der Waals surface area contributed by atoms with Crippen LogP contribution < -0.4 is 5.32 Å². The van der Waals surface area contributed by atoms with Gasteiger partial charge in [0, 0.05) is 23.1 Å². The molecule has 4 rings (SSSR count). The lowest BCUT2D eigenvalue weighted by molar-refractivity contribution is -0.137. The van der Waals surface area contributed by atoms with Crippen LogP contribution in [0, 0.1) is 5.82 Å². The van der Waals surface area contributed by atoms with Crippen molar-refractivity contribution in [1.29, 1.82) is 0 Å². The molecule has 0 atom stereocenters. The third kappa shape index (κ3) is 5.00. The van der Waals surface area contributed by atoms with Crippen molar-refractivity contribution in [2.75, 3.05) is 5.32 Å². The molecule has 0 bridgehead atoms. The lowest BCUT2D eigenvalue weighted by Gasteiger charge is -2.09. The molecule has 0 aliphatic rings. The predicted octanol–water partition coefficient (Wildman–Crippen LogP) is 7.06. The van der Waals surface area contributed by atoms with Gasteiger partial charge in [-0.3, -0.25) is 10.1 Å². The SMILES string of the molecule is O=C(Nc1ncc(Cc2ccc(F)cc2)s1)c1ccc(-c2cc(C(F)(F)F)ccc2Cl)o1. The summed E-state index contributed by atoms with van der Waals surface area (Å²) in [4.78, 5) is 17.5. The van der Waals surface area contributed by atoms with Gasteiger partial charge in [-0.2, -0.15) is 13.2 Å². The van der Waals surface area contributed by atoms with Crippen LogP contribution in [0.5, 0.6) is 0 Å². The second-order valence-corrected chi connectivity index (χ2v) is 8.27. The number of amides is 1. The van der Waals surface area contributed by atoms with E-state index >= 15 is 0 Å². The topological polar surface area (TPSA) is 55.1 Å². The Morgan fingerprint density at radius 2 is 1.84 bits per heavy atom. The first kappa shape index (κ1) is 22.0. The zero-order chi connectivity index (χ0) is 22.9. The number of anilines is 1. The van der Waals surface area contributed by atoms with Crippen molar-refractivity contribution in [3.63, 3.8) is 0 Å². The summed E-state index contributed by atoms with van der Waals surface area (Å²) in [7, 11) is 0. The van der Waals surface area contributed by atoms with Crippen LogP contribution in [0.1, 0.15) is 26.6 Å². The summed E-state index contributed by atoms with van der Waals surface area (Å²) in [5, 5.41) is 2.97. The van der Waals surface area contributed by atoms with E-state index in [1.807, 2.05) is 0 Å². The fourth-order valence-electron chi connectivity index (χ4n) is 2.90. The first-order valence-electron chi connectivity index (χ1n) is 9.16. The second-order valence-electron chi connectivity index (χ2n) is 6.75. The van der Waals surface area contributed by atoms with Gasteiger partial charge in [-0.1, -0.05) is 23.7 Å². The molecule has 0 radical (unpaired) electrons. The number of alkyl halides is 3. The van der Waals surface area contributed by atoms with Crippen molar-refractivity contribution in [3.05, 3.63) is 93.4 Å². The number of furan rings is 1. The quantitative estimate of drug-likeness (QED) is 0.311. The molecule has 0 saturated carbocycles. The van der Waals surface area contributed by atoms with E-state index in [-0.39, 0.29) is 27.9 Å². The van der Waals surface area contributed by atoms with Crippen LogP contribution in [-0.4, -0.2) is 10.9 Å². The molecule has 2 heterocycles. The van der Waals surface area contributed by atoms with Crippen molar-refractivity contribution >= 4 is 34.0 Å². The van der Waals surface area contributed by atoms with E-state index < -0.39 is 17.6 Å². The Morgan fingerprint density at radius 3 is 2.56 bits per heavy atom. The highest BCUT2D eigenvalue weighted by atomic mass is 35.5. The van der Waals surface area contributed by atoms with Gasteiger partial charge in [-0.25, -0.2) is 9.37 Å². The van der Waals surface area contributed by atoms with Crippen LogP contribution in [0.4, 0.5) is 22.7 Å². The molecule has 0 spiro atoms. The molecular formula is C22H13ClF4N2O2S. The number of thiazole rings is 1. The number of benzene rings is 2.